The van der Waals surface area contributed by atoms with E-state index in [0.29, 0.717) is 23.4 Å². The van der Waals surface area contributed by atoms with Gasteiger partial charge >= 0.3 is 0 Å². The van der Waals surface area contributed by atoms with Crippen molar-refractivity contribution in [2.75, 3.05) is 6.61 Å². The first-order chi connectivity index (χ1) is 8.43. The standard InChI is InChI=1S/C14H26N2OS/c1-6-17-12-8-11(14(12,4)5)16-13-15-9(2)7-10(3)18-13/h9-12H,6-8H2,1-5H3,(H,15,16). The Labute approximate surface area is 115 Å². The summed E-state index contributed by atoms with van der Waals surface area (Å²) in [5.74, 6) is 0. The molecule has 1 saturated heterocycles. The van der Waals surface area contributed by atoms with Gasteiger partial charge in [0.25, 0.3) is 0 Å². The molecule has 0 aromatic heterocycles. The molecule has 4 unspecified atom stereocenters. The smallest absolute Gasteiger partial charge is 0.157 e. The van der Waals surface area contributed by atoms with Crippen molar-refractivity contribution in [3.8, 4) is 0 Å². The third kappa shape index (κ3) is 2.85. The van der Waals surface area contributed by atoms with Crippen molar-refractivity contribution < 1.29 is 4.74 Å². The van der Waals surface area contributed by atoms with Crippen LogP contribution >= 0.6 is 11.8 Å². The maximum absolute atomic E-state index is 5.76. The van der Waals surface area contributed by atoms with Gasteiger partial charge in [0, 0.05) is 23.3 Å². The molecule has 0 aromatic rings. The highest BCUT2D eigenvalue weighted by Gasteiger charge is 2.49. The van der Waals surface area contributed by atoms with E-state index in [0.717, 1.165) is 18.2 Å². The number of hydrogen-bond donors (Lipinski definition) is 1. The number of nitrogens with zero attached hydrogens (tertiary/aromatic N) is 1. The van der Waals surface area contributed by atoms with Gasteiger partial charge in [-0.15, -0.1) is 0 Å². The lowest BCUT2D eigenvalue weighted by Gasteiger charge is -2.49. The molecule has 2 aliphatic rings. The van der Waals surface area contributed by atoms with Gasteiger partial charge in [-0.3, -0.25) is 4.99 Å². The molecular formula is C14H26N2OS. The Bertz CT molecular complexity index is 318. The lowest BCUT2D eigenvalue weighted by molar-refractivity contribution is -0.103. The van der Waals surface area contributed by atoms with Crippen LogP contribution < -0.4 is 5.32 Å². The maximum atomic E-state index is 5.76. The highest BCUT2D eigenvalue weighted by atomic mass is 32.2. The van der Waals surface area contributed by atoms with E-state index in [1.807, 2.05) is 11.8 Å². The monoisotopic (exact) mass is 270 g/mol. The molecule has 0 radical (unpaired) electrons. The molecule has 2 fully saturated rings. The fraction of sp³-hybridized carbons (Fsp3) is 0.929. The van der Waals surface area contributed by atoms with Crippen molar-refractivity contribution in [3.05, 3.63) is 0 Å². The second kappa shape index (κ2) is 5.41. The second-order valence-electron chi connectivity index (χ2n) is 6.16. The SMILES string of the molecule is CCOC1CC(N=C2NC(C)CC(C)S2)C1(C)C. The van der Waals surface area contributed by atoms with Crippen LogP contribution in [0.3, 0.4) is 0 Å². The number of ether oxygens (including phenoxy) is 1. The van der Waals surface area contributed by atoms with Gasteiger partial charge in [0.2, 0.25) is 0 Å². The minimum Gasteiger partial charge on any atom is -0.378 e. The van der Waals surface area contributed by atoms with Gasteiger partial charge in [0.15, 0.2) is 5.17 Å². The number of hydrogen-bond acceptors (Lipinski definition) is 3. The van der Waals surface area contributed by atoms with Crippen LogP contribution in [0.15, 0.2) is 4.99 Å². The van der Waals surface area contributed by atoms with Gasteiger partial charge in [0.1, 0.15) is 0 Å². The Hall–Kier alpha value is -0.220. The van der Waals surface area contributed by atoms with Crippen LogP contribution in [0.4, 0.5) is 0 Å². The largest absolute Gasteiger partial charge is 0.378 e. The summed E-state index contributed by atoms with van der Waals surface area (Å²) in [5, 5.41) is 5.31. The molecule has 104 valence electrons. The average Bonchev–Trinajstić information content (AvgIpc) is 2.26. The minimum absolute atomic E-state index is 0.176. The molecule has 0 spiro atoms. The molecular weight excluding hydrogens is 244 g/mol. The van der Waals surface area contributed by atoms with Crippen LogP contribution in [-0.4, -0.2) is 35.2 Å². The van der Waals surface area contributed by atoms with Gasteiger partial charge in [-0.05, 0) is 26.7 Å². The first kappa shape index (κ1) is 14.2. The van der Waals surface area contributed by atoms with E-state index in [9.17, 15) is 0 Å². The molecule has 1 heterocycles. The summed E-state index contributed by atoms with van der Waals surface area (Å²) in [5.41, 5.74) is 0.176. The third-order valence-electron chi connectivity index (χ3n) is 4.14. The summed E-state index contributed by atoms with van der Waals surface area (Å²) in [6.45, 7) is 11.9. The van der Waals surface area contributed by atoms with E-state index in [2.05, 4.69) is 39.9 Å². The molecule has 0 aromatic carbocycles. The van der Waals surface area contributed by atoms with Crippen LogP contribution in [0.5, 0.6) is 0 Å². The number of amidine groups is 1. The quantitative estimate of drug-likeness (QED) is 0.856. The molecule has 18 heavy (non-hydrogen) atoms. The molecule has 4 atom stereocenters. The molecule has 1 aliphatic carbocycles. The summed E-state index contributed by atoms with van der Waals surface area (Å²) in [7, 11) is 0. The van der Waals surface area contributed by atoms with Crippen molar-refractivity contribution in [1.82, 2.24) is 5.32 Å². The van der Waals surface area contributed by atoms with Gasteiger partial charge in [-0.2, -0.15) is 0 Å². The first-order valence-corrected chi connectivity index (χ1v) is 7.94. The summed E-state index contributed by atoms with van der Waals surface area (Å²) in [4.78, 5) is 4.92. The van der Waals surface area contributed by atoms with Crippen LogP contribution in [0.1, 0.15) is 47.5 Å². The zero-order valence-corrected chi connectivity index (χ0v) is 13.0. The lowest BCUT2D eigenvalue weighted by Crippen LogP contribution is -2.54. The normalized spacial score (nSPS) is 41.3. The van der Waals surface area contributed by atoms with E-state index in [-0.39, 0.29) is 5.41 Å². The van der Waals surface area contributed by atoms with Gasteiger partial charge in [-0.1, -0.05) is 32.5 Å². The highest BCUT2D eigenvalue weighted by molar-refractivity contribution is 8.14. The molecule has 4 heteroatoms. The van der Waals surface area contributed by atoms with Crippen LogP contribution in [0.25, 0.3) is 0 Å². The lowest BCUT2D eigenvalue weighted by atomic mass is 9.65. The number of aliphatic imine (C=N–C) groups is 1. The van der Waals surface area contributed by atoms with Gasteiger partial charge in [0.05, 0.1) is 12.1 Å². The average molecular weight is 270 g/mol. The van der Waals surface area contributed by atoms with Crippen molar-refractivity contribution in [3.63, 3.8) is 0 Å². The van der Waals surface area contributed by atoms with Crippen LogP contribution in [0, 0.1) is 5.41 Å². The molecule has 3 nitrogen and oxygen atoms in total. The summed E-state index contributed by atoms with van der Waals surface area (Å²) < 4.78 is 5.76. The van der Waals surface area contributed by atoms with Crippen molar-refractivity contribution in [2.45, 2.75) is 70.9 Å². The van der Waals surface area contributed by atoms with Crippen LogP contribution in [0.2, 0.25) is 0 Å². The van der Waals surface area contributed by atoms with Crippen molar-refractivity contribution in [1.29, 1.82) is 0 Å². The molecule has 0 bridgehead atoms. The fourth-order valence-corrected chi connectivity index (χ4v) is 4.04. The maximum Gasteiger partial charge on any atom is 0.157 e. The summed E-state index contributed by atoms with van der Waals surface area (Å²) in [6, 6.07) is 0.951. The fourth-order valence-electron chi connectivity index (χ4n) is 2.82. The van der Waals surface area contributed by atoms with E-state index in [1.165, 1.54) is 6.42 Å². The number of nitrogens with one attached hydrogen (secondary N) is 1. The first-order valence-electron chi connectivity index (χ1n) is 7.06. The van der Waals surface area contributed by atoms with Crippen LogP contribution in [-0.2, 0) is 4.74 Å². The number of thioether (sulfide) groups is 1. The van der Waals surface area contributed by atoms with Gasteiger partial charge in [-0.25, -0.2) is 0 Å². The predicted octanol–water partition coefficient (Wildman–Crippen LogP) is 3.05. The number of rotatable bonds is 3. The molecule has 1 aliphatic heterocycles. The van der Waals surface area contributed by atoms with E-state index < -0.39 is 0 Å². The minimum atomic E-state index is 0.176. The molecule has 1 saturated carbocycles. The van der Waals surface area contributed by atoms with E-state index in [1.54, 1.807) is 0 Å². The summed E-state index contributed by atoms with van der Waals surface area (Å²) >= 11 is 1.88. The molecule has 0 amide bonds. The molecule has 2 rings (SSSR count). The highest BCUT2D eigenvalue weighted by Crippen LogP contribution is 2.45. The Kier molecular flexibility index (Phi) is 4.27. The Morgan fingerprint density at radius 2 is 2.11 bits per heavy atom. The zero-order chi connectivity index (χ0) is 13.3. The Morgan fingerprint density at radius 3 is 2.67 bits per heavy atom. The summed E-state index contributed by atoms with van der Waals surface area (Å²) in [6.07, 6.45) is 2.66. The van der Waals surface area contributed by atoms with Crippen molar-refractivity contribution >= 4 is 16.9 Å². The Morgan fingerprint density at radius 1 is 1.39 bits per heavy atom. The Balaban J connectivity index is 1.97. The van der Waals surface area contributed by atoms with Crippen molar-refractivity contribution in [2.24, 2.45) is 10.4 Å². The van der Waals surface area contributed by atoms with E-state index in [4.69, 9.17) is 9.73 Å². The zero-order valence-electron chi connectivity index (χ0n) is 12.2. The predicted molar refractivity (Wildman–Crippen MR) is 79.3 cm³/mol. The second-order valence-corrected chi connectivity index (χ2v) is 7.59. The van der Waals surface area contributed by atoms with Gasteiger partial charge < -0.3 is 10.1 Å². The molecule has 1 N–H and O–H groups in total. The third-order valence-corrected chi connectivity index (χ3v) is 5.18. The van der Waals surface area contributed by atoms with E-state index >= 15 is 0 Å². The topological polar surface area (TPSA) is 33.6 Å².